The summed E-state index contributed by atoms with van der Waals surface area (Å²) in [5.41, 5.74) is 4.24. The number of carbonyl (C=O) groups is 1. The lowest BCUT2D eigenvalue weighted by atomic mass is 9.81. The zero-order valence-corrected chi connectivity index (χ0v) is 15.7. The van der Waals surface area contributed by atoms with Gasteiger partial charge in [0.15, 0.2) is 0 Å². The van der Waals surface area contributed by atoms with E-state index in [1.165, 1.54) is 24.9 Å². The third-order valence-electron chi connectivity index (χ3n) is 5.90. The van der Waals surface area contributed by atoms with Crippen LogP contribution in [0.25, 0.3) is 0 Å². The number of benzene rings is 1. The average molecular weight is 342 g/mol. The molecule has 1 aromatic carbocycles. The fourth-order valence-electron chi connectivity index (χ4n) is 4.42. The molecule has 0 saturated carbocycles. The Morgan fingerprint density at radius 2 is 2.20 bits per heavy atom. The summed E-state index contributed by atoms with van der Waals surface area (Å²) in [6, 6.07) is 6.67. The van der Waals surface area contributed by atoms with Crippen LogP contribution in [0.4, 0.5) is 5.69 Å². The van der Waals surface area contributed by atoms with Crippen molar-refractivity contribution in [1.29, 1.82) is 0 Å². The molecule has 1 saturated heterocycles. The van der Waals surface area contributed by atoms with Gasteiger partial charge in [0, 0.05) is 18.8 Å². The Bertz CT molecular complexity index is 585. The number of nitrogens with one attached hydrogen (secondary N) is 1. The van der Waals surface area contributed by atoms with E-state index >= 15 is 0 Å². The van der Waals surface area contributed by atoms with Crippen LogP contribution in [0, 0.1) is 11.8 Å². The first-order valence-electron chi connectivity index (χ1n) is 9.87. The molecule has 2 aliphatic rings. The molecule has 1 aromatic rings. The van der Waals surface area contributed by atoms with Gasteiger partial charge in [0.25, 0.3) is 5.97 Å². The number of carbonyl (C=O) groups excluding carboxylic acids is 1. The molecule has 1 atom stereocenters. The first-order valence-corrected chi connectivity index (χ1v) is 9.87. The van der Waals surface area contributed by atoms with Crippen LogP contribution in [-0.2, 0) is 22.4 Å². The SMILES string of the molecule is BOC(=O)C(CCCC)C1CCN(Cc2cccc3c2NCC3)CC1. The minimum absolute atomic E-state index is 0.00280. The molecule has 0 amide bonds. The Labute approximate surface area is 152 Å². The predicted octanol–water partition coefficient (Wildman–Crippen LogP) is 2.76. The Kier molecular flexibility index (Phi) is 6.41. The van der Waals surface area contributed by atoms with Crippen molar-refractivity contribution >= 4 is 19.7 Å². The molecule has 0 bridgehead atoms. The molecule has 1 unspecified atom stereocenters. The number of anilines is 1. The van der Waals surface area contributed by atoms with Crippen LogP contribution in [0.3, 0.4) is 0 Å². The number of hydrogen-bond acceptors (Lipinski definition) is 4. The number of likely N-dealkylation sites (tertiary alicyclic amines) is 1. The number of nitrogens with zero attached hydrogens (tertiary/aromatic N) is 1. The van der Waals surface area contributed by atoms with Crippen LogP contribution in [0.1, 0.15) is 50.2 Å². The van der Waals surface area contributed by atoms with Crippen molar-refractivity contribution in [3.63, 3.8) is 0 Å². The molecule has 3 rings (SSSR count). The van der Waals surface area contributed by atoms with Gasteiger partial charge in [0.05, 0.1) is 5.92 Å². The van der Waals surface area contributed by atoms with Crippen molar-refractivity contribution in [2.45, 2.75) is 52.0 Å². The van der Waals surface area contributed by atoms with Gasteiger partial charge in [0.1, 0.15) is 0 Å². The highest BCUT2D eigenvalue weighted by molar-refractivity contribution is 6.05. The lowest BCUT2D eigenvalue weighted by Gasteiger charge is -2.35. The Morgan fingerprint density at radius 3 is 2.92 bits per heavy atom. The first-order chi connectivity index (χ1) is 12.2. The monoisotopic (exact) mass is 342 g/mol. The highest BCUT2D eigenvalue weighted by Gasteiger charge is 2.31. The van der Waals surface area contributed by atoms with E-state index in [-0.39, 0.29) is 11.9 Å². The van der Waals surface area contributed by atoms with Crippen LogP contribution < -0.4 is 5.32 Å². The van der Waals surface area contributed by atoms with E-state index in [0.29, 0.717) is 5.92 Å². The smallest absolute Gasteiger partial charge is 0.325 e. The second kappa shape index (κ2) is 8.75. The molecule has 1 N–H and O–H groups in total. The highest BCUT2D eigenvalue weighted by atomic mass is 16.5. The summed E-state index contributed by atoms with van der Waals surface area (Å²) in [5.74, 6) is 0.571. The third-order valence-corrected chi connectivity index (χ3v) is 5.90. The van der Waals surface area contributed by atoms with Crippen LogP contribution in [-0.4, -0.2) is 38.6 Å². The molecule has 0 spiro atoms. The van der Waals surface area contributed by atoms with Crippen LogP contribution in [0.2, 0.25) is 0 Å². The van der Waals surface area contributed by atoms with E-state index in [4.69, 9.17) is 4.65 Å². The molecule has 2 aliphatic heterocycles. The topological polar surface area (TPSA) is 41.6 Å². The molecule has 25 heavy (non-hydrogen) atoms. The molecule has 0 aliphatic carbocycles. The van der Waals surface area contributed by atoms with E-state index in [9.17, 15) is 4.79 Å². The summed E-state index contributed by atoms with van der Waals surface area (Å²) >= 11 is 0. The minimum Gasteiger partial charge on any atom is -0.543 e. The van der Waals surface area contributed by atoms with Gasteiger partial charge >= 0.3 is 8.05 Å². The van der Waals surface area contributed by atoms with Crippen molar-refractivity contribution in [3.05, 3.63) is 29.3 Å². The van der Waals surface area contributed by atoms with Gasteiger partial charge in [-0.2, -0.15) is 0 Å². The van der Waals surface area contributed by atoms with Crippen LogP contribution in [0.5, 0.6) is 0 Å². The van der Waals surface area contributed by atoms with Crippen molar-refractivity contribution in [2.24, 2.45) is 11.8 Å². The van der Waals surface area contributed by atoms with Gasteiger partial charge in [-0.15, -0.1) is 0 Å². The number of hydrogen-bond donors (Lipinski definition) is 1. The van der Waals surface area contributed by atoms with Crippen molar-refractivity contribution in [3.8, 4) is 0 Å². The molecular formula is C20H31BN2O2. The van der Waals surface area contributed by atoms with Gasteiger partial charge in [-0.3, -0.25) is 9.69 Å². The van der Waals surface area contributed by atoms with Gasteiger partial charge in [-0.1, -0.05) is 38.0 Å². The van der Waals surface area contributed by atoms with E-state index in [1.54, 1.807) is 0 Å². The first kappa shape index (κ1) is 18.3. The minimum atomic E-state index is -0.00280. The summed E-state index contributed by atoms with van der Waals surface area (Å²) in [4.78, 5) is 14.7. The number of para-hydroxylation sites is 1. The highest BCUT2D eigenvalue weighted by Crippen LogP contribution is 2.32. The van der Waals surface area contributed by atoms with Crippen LogP contribution >= 0.6 is 0 Å². The quantitative estimate of drug-likeness (QED) is 0.774. The number of piperidine rings is 1. The maximum absolute atomic E-state index is 12.2. The second-order valence-electron chi connectivity index (χ2n) is 7.51. The largest absolute Gasteiger partial charge is 0.543 e. The van der Waals surface area contributed by atoms with Gasteiger partial charge in [-0.05, 0) is 55.8 Å². The summed E-state index contributed by atoms with van der Waals surface area (Å²) in [7, 11) is 1.53. The van der Waals surface area contributed by atoms with Gasteiger partial charge < -0.3 is 9.97 Å². The zero-order chi connectivity index (χ0) is 17.6. The molecule has 0 radical (unpaired) electrons. The molecule has 5 heteroatoms. The fraction of sp³-hybridized carbons (Fsp3) is 0.650. The zero-order valence-electron chi connectivity index (χ0n) is 15.7. The average Bonchev–Trinajstić information content (AvgIpc) is 3.13. The maximum Gasteiger partial charge on any atom is 0.325 e. The Hall–Kier alpha value is -1.49. The van der Waals surface area contributed by atoms with Crippen molar-refractivity contribution < 1.29 is 9.45 Å². The van der Waals surface area contributed by atoms with Crippen molar-refractivity contribution in [2.75, 3.05) is 25.0 Å². The lowest BCUT2D eigenvalue weighted by molar-refractivity contribution is -0.141. The summed E-state index contributed by atoms with van der Waals surface area (Å²) in [6.45, 7) is 6.42. The standard InChI is InChI=1S/C20H31BN2O2/c1-2-3-7-18(20(24)25-21)15-9-12-23(13-10-15)14-17-6-4-5-16-8-11-22-19(16)17/h4-6,15,18,22H,2-3,7-14,21H2,1H3. The van der Waals surface area contributed by atoms with E-state index in [0.717, 1.165) is 64.7 Å². The lowest BCUT2D eigenvalue weighted by Crippen LogP contribution is -2.38. The molecule has 1 fully saturated rings. The third kappa shape index (κ3) is 4.38. The number of rotatable bonds is 7. The Morgan fingerprint density at radius 1 is 1.40 bits per heavy atom. The molecule has 0 aromatic heterocycles. The Balaban J connectivity index is 1.56. The predicted molar refractivity (Wildman–Crippen MR) is 104 cm³/mol. The normalized spacial score (nSPS) is 19.2. The van der Waals surface area contributed by atoms with E-state index in [1.807, 2.05) is 0 Å². The fourth-order valence-corrected chi connectivity index (χ4v) is 4.42. The summed E-state index contributed by atoms with van der Waals surface area (Å²) in [5, 5.41) is 3.54. The molecular weight excluding hydrogens is 311 g/mol. The molecule has 4 nitrogen and oxygen atoms in total. The summed E-state index contributed by atoms with van der Waals surface area (Å²) < 4.78 is 5.07. The molecule has 136 valence electrons. The van der Waals surface area contributed by atoms with Gasteiger partial charge in [0.2, 0.25) is 0 Å². The maximum atomic E-state index is 12.2. The number of unbranched alkanes of at least 4 members (excludes halogenated alkanes) is 1. The number of fused-ring (bicyclic) bond motifs is 1. The second-order valence-corrected chi connectivity index (χ2v) is 7.51. The van der Waals surface area contributed by atoms with E-state index < -0.39 is 0 Å². The van der Waals surface area contributed by atoms with E-state index in [2.05, 4.69) is 35.3 Å². The molecule has 2 heterocycles. The van der Waals surface area contributed by atoms with Crippen LogP contribution in [0.15, 0.2) is 18.2 Å². The van der Waals surface area contributed by atoms with Crippen molar-refractivity contribution in [1.82, 2.24) is 4.90 Å². The summed E-state index contributed by atoms with van der Waals surface area (Å²) in [6.07, 6.45) is 6.57. The van der Waals surface area contributed by atoms with Gasteiger partial charge in [-0.25, -0.2) is 0 Å².